The average molecular weight is 197 g/mol. The van der Waals surface area contributed by atoms with Gasteiger partial charge in [0.05, 0.1) is 0 Å². The van der Waals surface area contributed by atoms with Gasteiger partial charge in [-0.15, -0.1) is 0 Å². The fraction of sp³-hybridized carbons (Fsp3) is 1.00. The number of hydrogen-bond acceptors (Lipinski definition) is 4. The Bertz CT molecular complexity index is 118. The van der Waals surface area contributed by atoms with Gasteiger partial charge in [0.15, 0.2) is 0 Å². The molecule has 7 heteroatoms. The number of hydrogen-bond donors (Lipinski definition) is 1. The summed E-state index contributed by atoms with van der Waals surface area (Å²) in [4.78, 5) is 19.9. The predicted molar refractivity (Wildman–Crippen MR) is 30.8 cm³/mol. The van der Waals surface area contributed by atoms with Crippen molar-refractivity contribution in [3.63, 3.8) is 0 Å². The molecule has 0 saturated heterocycles. The van der Waals surface area contributed by atoms with Crippen LogP contribution < -0.4 is 74.6 Å². The predicted octanol–water partition coefficient (Wildman–Crippen LogP) is -7.35. The Labute approximate surface area is 111 Å². The van der Waals surface area contributed by atoms with E-state index in [0.717, 1.165) is 0 Å². The van der Waals surface area contributed by atoms with Crippen molar-refractivity contribution >= 4 is 7.60 Å². The van der Waals surface area contributed by atoms with Gasteiger partial charge in [-0.2, -0.15) is 0 Å². The van der Waals surface area contributed by atoms with E-state index in [2.05, 4.69) is 0 Å². The van der Waals surface area contributed by atoms with Crippen molar-refractivity contribution in [2.24, 2.45) is 5.73 Å². The van der Waals surface area contributed by atoms with Gasteiger partial charge in [0.1, 0.15) is 0 Å². The molecule has 0 bridgehead atoms. The van der Waals surface area contributed by atoms with Crippen molar-refractivity contribution in [3.8, 4) is 0 Å². The van der Waals surface area contributed by atoms with Crippen molar-refractivity contribution in [1.82, 2.24) is 0 Å². The summed E-state index contributed by atoms with van der Waals surface area (Å²) in [7, 11) is -4.25. The maximum absolute atomic E-state index is 9.94. The molecule has 11 heavy (non-hydrogen) atoms. The van der Waals surface area contributed by atoms with Crippen molar-refractivity contribution in [3.05, 3.63) is 0 Å². The number of unbranched alkanes of at least 4 members (excludes halogenated alkanes) is 1. The van der Waals surface area contributed by atoms with E-state index >= 15 is 0 Å². The smallest absolute Gasteiger partial charge is 0.811 e. The van der Waals surface area contributed by atoms with Crippen molar-refractivity contribution in [1.29, 1.82) is 0 Å². The Morgan fingerprint density at radius 1 is 1.18 bits per heavy atom. The first-order valence-corrected chi connectivity index (χ1v) is 4.50. The monoisotopic (exact) mass is 197 g/mol. The van der Waals surface area contributed by atoms with Crippen LogP contribution in [0, 0.1) is 0 Å². The first-order chi connectivity index (χ1) is 4.06. The molecule has 0 fully saturated rings. The summed E-state index contributed by atoms with van der Waals surface area (Å²) in [6, 6.07) is 0. The molecule has 0 aliphatic heterocycles. The minimum absolute atomic E-state index is 0. The van der Waals surface area contributed by atoms with Gasteiger partial charge in [0.25, 0.3) is 0 Å². The third kappa shape index (κ3) is 18.8. The summed E-state index contributed by atoms with van der Waals surface area (Å²) < 4.78 is 9.94. The quantitative estimate of drug-likeness (QED) is 0.275. The van der Waals surface area contributed by atoms with Gasteiger partial charge >= 0.3 is 59.1 Å². The molecule has 0 rings (SSSR count). The van der Waals surface area contributed by atoms with Gasteiger partial charge in [-0.05, 0) is 25.5 Å². The molecule has 0 aromatic heterocycles. The molecule has 0 aromatic rings. The van der Waals surface area contributed by atoms with Crippen LogP contribution in [0.2, 0.25) is 0 Å². The normalized spacial score (nSPS) is 9.73. The molecule has 2 N–H and O–H groups in total. The van der Waals surface area contributed by atoms with E-state index in [1.54, 1.807) is 0 Å². The fourth-order valence-corrected chi connectivity index (χ4v) is 1.06. The molecule has 0 amide bonds. The molecule has 0 saturated carbocycles. The van der Waals surface area contributed by atoms with Crippen LogP contribution in [0.5, 0.6) is 0 Å². The van der Waals surface area contributed by atoms with Crippen molar-refractivity contribution < 1.29 is 73.5 Å². The Balaban J connectivity index is -0.000000320. The average Bonchev–Trinajstić information content (AvgIpc) is 1.63. The minimum atomic E-state index is -4.25. The number of rotatable bonds is 4. The summed E-state index contributed by atoms with van der Waals surface area (Å²) in [5.74, 6) is 0. The SMILES string of the molecule is NCCCCP(=O)([O-])[O-].[Na+].[Na+]. The standard InChI is InChI=1S/C4H12NO3P.2Na/c5-3-1-2-4-9(6,7)8;;/h1-5H2,(H2,6,7,8);;/q;2*+1/p-2. The van der Waals surface area contributed by atoms with Crippen LogP contribution in [-0.4, -0.2) is 12.7 Å². The summed E-state index contributed by atoms with van der Waals surface area (Å²) in [6.45, 7) is 0.444. The number of nitrogens with two attached hydrogens (primary N) is 1. The Hall–Kier alpha value is 2.11. The molecule has 4 nitrogen and oxygen atoms in total. The minimum Gasteiger partial charge on any atom is -0.811 e. The van der Waals surface area contributed by atoms with Gasteiger partial charge in [0, 0.05) is 0 Å². The zero-order valence-corrected chi connectivity index (χ0v) is 12.0. The van der Waals surface area contributed by atoms with Crippen LogP contribution in [-0.2, 0) is 4.57 Å². The maximum atomic E-state index is 9.94. The van der Waals surface area contributed by atoms with Crippen molar-refractivity contribution in [2.75, 3.05) is 12.7 Å². The van der Waals surface area contributed by atoms with Crippen LogP contribution in [0.25, 0.3) is 0 Å². The first kappa shape index (κ1) is 18.8. The van der Waals surface area contributed by atoms with E-state index in [9.17, 15) is 14.4 Å². The molecule has 0 heterocycles. The second kappa shape index (κ2) is 10.2. The van der Waals surface area contributed by atoms with Crippen LogP contribution in [0.4, 0.5) is 0 Å². The Kier molecular flexibility index (Phi) is 17.4. The first-order valence-electron chi connectivity index (χ1n) is 2.77. The van der Waals surface area contributed by atoms with Crippen LogP contribution in [0.3, 0.4) is 0 Å². The van der Waals surface area contributed by atoms with Gasteiger partial charge in [-0.3, -0.25) is 0 Å². The molecular formula is C4H10NNa2O3P. The largest absolute Gasteiger partial charge is 1.00 e. The summed E-state index contributed by atoms with van der Waals surface area (Å²) in [6.07, 6.45) is 0.736. The summed E-state index contributed by atoms with van der Waals surface area (Å²) in [5.41, 5.74) is 5.06. The topological polar surface area (TPSA) is 89.2 Å². The molecule has 0 spiro atoms. The van der Waals surface area contributed by atoms with E-state index in [1.807, 2.05) is 0 Å². The molecule has 56 valence electrons. The molecule has 0 aliphatic carbocycles. The third-order valence-corrected chi connectivity index (χ3v) is 1.75. The summed E-state index contributed by atoms with van der Waals surface area (Å²) >= 11 is 0. The van der Waals surface area contributed by atoms with Crippen LogP contribution >= 0.6 is 7.60 Å². The van der Waals surface area contributed by atoms with E-state index < -0.39 is 7.60 Å². The van der Waals surface area contributed by atoms with E-state index in [1.165, 1.54) is 0 Å². The van der Waals surface area contributed by atoms with Gasteiger partial charge in [-0.1, -0.05) is 7.60 Å². The molecule has 0 aromatic carbocycles. The molecule has 0 atom stereocenters. The van der Waals surface area contributed by atoms with Gasteiger partial charge in [0.2, 0.25) is 0 Å². The molecular weight excluding hydrogens is 187 g/mol. The van der Waals surface area contributed by atoms with E-state index in [0.29, 0.717) is 19.4 Å². The molecule has 0 unspecified atom stereocenters. The van der Waals surface area contributed by atoms with Crippen molar-refractivity contribution in [2.45, 2.75) is 12.8 Å². The Morgan fingerprint density at radius 2 is 1.64 bits per heavy atom. The van der Waals surface area contributed by atoms with E-state index in [-0.39, 0.29) is 65.3 Å². The van der Waals surface area contributed by atoms with Gasteiger partial charge < -0.3 is 20.1 Å². The van der Waals surface area contributed by atoms with Gasteiger partial charge in [-0.25, -0.2) is 0 Å². The van der Waals surface area contributed by atoms with Crippen LogP contribution in [0.15, 0.2) is 0 Å². The second-order valence-electron chi connectivity index (χ2n) is 1.83. The zero-order valence-electron chi connectivity index (χ0n) is 7.08. The summed E-state index contributed by atoms with van der Waals surface area (Å²) in [5, 5.41) is 0. The Morgan fingerprint density at radius 3 is 1.91 bits per heavy atom. The molecule has 0 aliphatic rings. The third-order valence-electron chi connectivity index (χ3n) is 0.886. The van der Waals surface area contributed by atoms with Crippen LogP contribution in [0.1, 0.15) is 12.8 Å². The van der Waals surface area contributed by atoms with E-state index in [4.69, 9.17) is 5.73 Å². The molecule has 0 radical (unpaired) electrons. The zero-order chi connectivity index (χ0) is 7.33. The fourth-order valence-electron chi connectivity index (χ4n) is 0.450. The second-order valence-corrected chi connectivity index (χ2v) is 3.50. The maximum Gasteiger partial charge on any atom is 1.00 e.